The molecule has 0 spiro atoms. The molecule has 11 heteroatoms. The largest absolute Gasteiger partial charge is 0.454 e. The van der Waals surface area contributed by atoms with Crippen LogP contribution in [0, 0.1) is 0 Å². The van der Waals surface area contributed by atoms with Crippen LogP contribution in [0.15, 0.2) is 54.0 Å². The molecule has 2 aromatic heterocycles. The van der Waals surface area contributed by atoms with E-state index in [2.05, 4.69) is 20.5 Å². The van der Waals surface area contributed by atoms with Crippen LogP contribution in [0.25, 0.3) is 0 Å². The number of aromatic nitrogens is 2. The van der Waals surface area contributed by atoms with Gasteiger partial charge in [-0.05, 0) is 42.8 Å². The summed E-state index contributed by atoms with van der Waals surface area (Å²) in [5.74, 6) is 0.782. The third kappa shape index (κ3) is 5.33. The fourth-order valence-electron chi connectivity index (χ4n) is 2.26. The number of nitrogens with zero attached hydrogens (tertiary/aromatic N) is 3. The average molecular weight is 476 g/mol. The van der Waals surface area contributed by atoms with Gasteiger partial charge in [-0.3, -0.25) is 10.4 Å². The van der Waals surface area contributed by atoms with Gasteiger partial charge in [0.2, 0.25) is 0 Å². The number of rotatable bonds is 5. The molecule has 0 aliphatic rings. The number of hydrogen-bond acceptors (Lipinski definition) is 5. The molecule has 5 nitrogen and oxygen atoms in total. The molecule has 3 aromatic rings. The molecule has 0 fully saturated rings. The number of hydrogen-bond donors (Lipinski definition) is 1. The molecule has 2 heterocycles. The number of pyridine rings is 2. The topological polar surface area (TPSA) is 59.4 Å². The molecule has 3 rings (SSSR count). The number of hydrazone groups is 1. The highest BCUT2D eigenvalue weighted by Gasteiger charge is 2.31. The fraction of sp³-hybridized carbons (Fsp3) is 0.105. The van der Waals surface area contributed by atoms with E-state index in [1.54, 1.807) is 31.2 Å². The average Bonchev–Trinajstić information content (AvgIpc) is 2.69. The number of alkyl halides is 3. The molecule has 0 bridgehead atoms. The van der Waals surface area contributed by atoms with Crippen molar-refractivity contribution in [1.29, 1.82) is 0 Å². The Morgan fingerprint density at radius 2 is 1.63 bits per heavy atom. The van der Waals surface area contributed by atoms with Crippen molar-refractivity contribution < 1.29 is 17.9 Å². The second-order valence-corrected chi connectivity index (χ2v) is 7.14. The Morgan fingerprint density at radius 3 is 2.20 bits per heavy atom. The van der Waals surface area contributed by atoms with E-state index in [1.807, 2.05) is 0 Å². The minimum atomic E-state index is -4.52. The summed E-state index contributed by atoms with van der Waals surface area (Å²) >= 11 is 17.9. The molecule has 0 aliphatic heterocycles. The summed E-state index contributed by atoms with van der Waals surface area (Å²) in [6.07, 6.45) is -1.01. The van der Waals surface area contributed by atoms with Gasteiger partial charge in [-0.25, -0.2) is 4.98 Å². The van der Waals surface area contributed by atoms with Crippen LogP contribution in [0.4, 0.5) is 19.0 Å². The Balaban J connectivity index is 1.71. The summed E-state index contributed by atoms with van der Waals surface area (Å²) < 4.78 is 43.7. The smallest absolute Gasteiger partial charge is 0.417 e. The number of halogens is 6. The van der Waals surface area contributed by atoms with Crippen LogP contribution in [-0.2, 0) is 6.18 Å². The van der Waals surface area contributed by atoms with E-state index in [0.717, 1.165) is 11.6 Å². The Kier molecular flexibility index (Phi) is 6.70. The lowest BCUT2D eigenvalue weighted by Gasteiger charge is -2.10. The minimum Gasteiger partial charge on any atom is -0.454 e. The van der Waals surface area contributed by atoms with Gasteiger partial charge < -0.3 is 4.74 Å². The Labute approximate surface area is 184 Å². The molecule has 0 saturated carbocycles. The number of benzene rings is 1. The predicted molar refractivity (Wildman–Crippen MR) is 111 cm³/mol. The quantitative estimate of drug-likeness (QED) is 0.316. The van der Waals surface area contributed by atoms with Gasteiger partial charge in [0.05, 0.1) is 16.3 Å². The second kappa shape index (κ2) is 9.07. The van der Waals surface area contributed by atoms with Gasteiger partial charge in [-0.15, -0.1) is 0 Å². The van der Waals surface area contributed by atoms with Gasteiger partial charge in [0.25, 0.3) is 0 Å². The van der Waals surface area contributed by atoms with Crippen molar-refractivity contribution in [3.05, 3.63) is 75.1 Å². The van der Waals surface area contributed by atoms with Gasteiger partial charge in [0.1, 0.15) is 15.8 Å². The molecule has 0 atom stereocenters. The number of nitrogens with one attached hydrogen (secondary N) is 1. The summed E-state index contributed by atoms with van der Waals surface area (Å²) in [5, 5.41) is 4.45. The molecule has 0 radical (unpaired) electrons. The molecule has 0 amide bonds. The Morgan fingerprint density at radius 1 is 1.00 bits per heavy atom. The normalized spacial score (nSPS) is 12.0. The van der Waals surface area contributed by atoms with E-state index in [-0.39, 0.29) is 26.6 Å². The molecule has 1 aromatic carbocycles. The Hall–Kier alpha value is -2.55. The van der Waals surface area contributed by atoms with Gasteiger partial charge >= 0.3 is 6.18 Å². The molecule has 156 valence electrons. The first kappa shape index (κ1) is 22.1. The van der Waals surface area contributed by atoms with E-state index in [0.29, 0.717) is 17.7 Å². The maximum absolute atomic E-state index is 12.7. The van der Waals surface area contributed by atoms with Gasteiger partial charge in [-0.2, -0.15) is 18.3 Å². The zero-order valence-corrected chi connectivity index (χ0v) is 17.4. The van der Waals surface area contributed by atoms with Crippen molar-refractivity contribution in [2.75, 3.05) is 5.43 Å². The summed E-state index contributed by atoms with van der Waals surface area (Å²) in [4.78, 5) is 7.52. The lowest BCUT2D eigenvalue weighted by molar-refractivity contribution is -0.137. The highest BCUT2D eigenvalue weighted by molar-refractivity contribution is 6.37. The predicted octanol–water partition coefficient (Wildman–Crippen LogP) is 7.08. The van der Waals surface area contributed by atoms with Crippen molar-refractivity contribution in [3.8, 4) is 11.5 Å². The summed E-state index contributed by atoms with van der Waals surface area (Å²) in [6, 6.07) is 7.63. The lowest BCUT2D eigenvalue weighted by atomic mass is 10.1. The van der Waals surface area contributed by atoms with E-state index in [1.165, 1.54) is 12.4 Å². The van der Waals surface area contributed by atoms with E-state index < -0.39 is 11.7 Å². The van der Waals surface area contributed by atoms with Crippen molar-refractivity contribution >= 4 is 46.3 Å². The maximum atomic E-state index is 12.7. The zero-order chi connectivity index (χ0) is 21.9. The molecule has 1 N–H and O–H groups in total. The molecule has 0 aliphatic carbocycles. The molecular formula is C19H12Cl3F3N4O. The van der Waals surface area contributed by atoms with E-state index in [9.17, 15) is 13.2 Å². The van der Waals surface area contributed by atoms with Crippen LogP contribution in [-0.4, -0.2) is 15.7 Å². The van der Waals surface area contributed by atoms with Crippen LogP contribution in [0.1, 0.15) is 18.1 Å². The first-order valence-electron chi connectivity index (χ1n) is 8.25. The molecule has 0 unspecified atom stereocenters. The minimum absolute atomic E-state index is 0.00550. The van der Waals surface area contributed by atoms with Crippen LogP contribution in [0.3, 0.4) is 0 Å². The standard InChI is InChI=1S/C19H12Cl3F3N4O/c1-10(28-29-18-14(20)6-12(7-27-18)19(23,24)25)11-2-4-13(5-3-11)30-17-15(21)8-26-9-16(17)22/h2-9H,1H3,(H,27,29)/b28-10+. The molecule has 0 saturated heterocycles. The van der Waals surface area contributed by atoms with Gasteiger partial charge in [-0.1, -0.05) is 34.8 Å². The van der Waals surface area contributed by atoms with E-state index >= 15 is 0 Å². The third-order valence-electron chi connectivity index (χ3n) is 3.80. The molecular weight excluding hydrogens is 464 g/mol. The molecule has 30 heavy (non-hydrogen) atoms. The van der Waals surface area contributed by atoms with Crippen molar-refractivity contribution in [3.63, 3.8) is 0 Å². The number of anilines is 1. The SMILES string of the molecule is C/C(=N\Nc1ncc(C(F)(F)F)cc1Cl)c1ccc(Oc2c(Cl)cncc2Cl)cc1. The summed E-state index contributed by atoms with van der Waals surface area (Å²) in [6.45, 7) is 1.71. The monoisotopic (exact) mass is 474 g/mol. The number of ether oxygens (including phenoxy) is 1. The van der Waals surface area contributed by atoms with Crippen molar-refractivity contribution in [2.45, 2.75) is 13.1 Å². The highest BCUT2D eigenvalue weighted by atomic mass is 35.5. The van der Waals surface area contributed by atoms with Crippen molar-refractivity contribution in [2.24, 2.45) is 5.10 Å². The summed E-state index contributed by atoms with van der Waals surface area (Å²) in [5.41, 5.74) is 2.89. The van der Waals surface area contributed by atoms with Gasteiger partial charge in [0.15, 0.2) is 11.6 Å². The Bertz CT molecular complexity index is 1070. The summed E-state index contributed by atoms with van der Waals surface area (Å²) in [7, 11) is 0. The highest BCUT2D eigenvalue weighted by Crippen LogP contribution is 2.35. The zero-order valence-electron chi connectivity index (χ0n) is 15.1. The van der Waals surface area contributed by atoms with Gasteiger partial charge in [0, 0.05) is 18.6 Å². The van der Waals surface area contributed by atoms with Crippen LogP contribution >= 0.6 is 34.8 Å². The first-order chi connectivity index (χ1) is 14.1. The van der Waals surface area contributed by atoms with Crippen LogP contribution in [0.2, 0.25) is 15.1 Å². The van der Waals surface area contributed by atoms with E-state index in [4.69, 9.17) is 39.5 Å². The van der Waals surface area contributed by atoms with Crippen LogP contribution in [0.5, 0.6) is 11.5 Å². The lowest BCUT2D eigenvalue weighted by Crippen LogP contribution is -2.07. The first-order valence-corrected chi connectivity index (χ1v) is 9.39. The fourth-order valence-corrected chi connectivity index (χ4v) is 2.91. The second-order valence-electron chi connectivity index (χ2n) is 5.92. The third-order valence-corrected chi connectivity index (χ3v) is 4.63. The van der Waals surface area contributed by atoms with Crippen molar-refractivity contribution in [1.82, 2.24) is 9.97 Å². The maximum Gasteiger partial charge on any atom is 0.417 e. The van der Waals surface area contributed by atoms with Crippen LogP contribution < -0.4 is 10.2 Å².